The van der Waals surface area contributed by atoms with Crippen LogP contribution < -0.4 is 9.80 Å². The van der Waals surface area contributed by atoms with Crippen LogP contribution in [0.2, 0.25) is 0 Å². The van der Waals surface area contributed by atoms with Crippen molar-refractivity contribution in [2.45, 2.75) is 44.6 Å². The molecule has 1 saturated carbocycles. The smallest absolute Gasteiger partial charge is 0.314 e. The molecule has 26 heavy (non-hydrogen) atoms. The van der Waals surface area contributed by atoms with E-state index in [1.807, 2.05) is 4.90 Å². The van der Waals surface area contributed by atoms with E-state index < -0.39 is 23.3 Å². The summed E-state index contributed by atoms with van der Waals surface area (Å²) in [7, 11) is 0. The van der Waals surface area contributed by atoms with Crippen LogP contribution in [0.5, 0.6) is 0 Å². The van der Waals surface area contributed by atoms with Crippen LogP contribution >= 0.6 is 0 Å². The van der Waals surface area contributed by atoms with Gasteiger partial charge in [-0.1, -0.05) is 12.8 Å². The Morgan fingerprint density at radius 1 is 1.23 bits per heavy atom. The highest BCUT2D eigenvalue weighted by atomic mass is 19.1. The van der Waals surface area contributed by atoms with Crippen molar-refractivity contribution < 1.29 is 19.4 Å². The molecule has 0 spiro atoms. The van der Waals surface area contributed by atoms with Crippen LogP contribution in [0.4, 0.5) is 16.2 Å². The number of carboxylic acids is 1. The summed E-state index contributed by atoms with van der Waals surface area (Å²) in [6, 6.07) is 0. The third-order valence-corrected chi connectivity index (χ3v) is 5.96. The molecule has 0 radical (unpaired) electrons. The Morgan fingerprint density at radius 3 is 2.62 bits per heavy atom. The molecule has 0 unspecified atom stereocenters. The van der Waals surface area contributed by atoms with Gasteiger partial charge in [0.15, 0.2) is 11.6 Å². The second-order valence-electron chi connectivity index (χ2n) is 7.87. The summed E-state index contributed by atoms with van der Waals surface area (Å²) in [6.07, 6.45) is 5.18. The molecule has 8 heteroatoms. The number of piperidine rings is 1. The van der Waals surface area contributed by atoms with Gasteiger partial charge in [-0.25, -0.2) is 9.37 Å². The Bertz CT molecular complexity index is 693. The second kappa shape index (κ2) is 6.64. The van der Waals surface area contributed by atoms with Crippen molar-refractivity contribution in [1.82, 2.24) is 9.97 Å². The Hall–Kier alpha value is -1.96. The zero-order valence-corrected chi connectivity index (χ0v) is 14.8. The van der Waals surface area contributed by atoms with Crippen molar-refractivity contribution in [2.24, 2.45) is 11.3 Å². The number of rotatable bonds is 5. The molecule has 2 N–H and O–H groups in total. The lowest BCUT2D eigenvalue weighted by Crippen LogP contribution is -2.56. The van der Waals surface area contributed by atoms with Gasteiger partial charge in [0.2, 0.25) is 5.95 Å². The Morgan fingerprint density at radius 2 is 1.96 bits per heavy atom. The van der Waals surface area contributed by atoms with Gasteiger partial charge in [0.25, 0.3) is 0 Å². The van der Waals surface area contributed by atoms with Crippen LogP contribution in [0.3, 0.4) is 0 Å². The number of aliphatic carboxylic acids is 1. The lowest BCUT2D eigenvalue weighted by atomic mass is 9.73. The van der Waals surface area contributed by atoms with Crippen LogP contribution in [0.1, 0.15) is 38.5 Å². The van der Waals surface area contributed by atoms with E-state index in [1.165, 1.54) is 6.20 Å². The summed E-state index contributed by atoms with van der Waals surface area (Å²) in [5.41, 5.74) is -1.20. The van der Waals surface area contributed by atoms with E-state index in [1.54, 1.807) is 4.90 Å². The predicted octanol–water partition coefficient (Wildman–Crippen LogP) is 1.66. The second-order valence-corrected chi connectivity index (χ2v) is 7.87. The van der Waals surface area contributed by atoms with E-state index in [9.17, 15) is 19.4 Å². The molecule has 3 fully saturated rings. The third-order valence-electron chi connectivity index (χ3n) is 5.96. The molecule has 0 amide bonds. The van der Waals surface area contributed by atoms with Gasteiger partial charge in [-0.05, 0) is 31.6 Å². The Labute approximate surface area is 151 Å². The highest BCUT2D eigenvalue weighted by Gasteiger charge is 2.52. The fraction of sp³-hybridized carbons (Fsp3) is 0.722. The molecule has 2 saturated heterocycles. The molecule has 142 valence electrons. The van der Waals surface area contributed by atoms with Gasteiger partial charge in [-0.15, -0.1) is 0 Å². The molecule has 2 aliphatic heterocycles. The minimum Gasteiger partial charge on any atom is -0.481 e. The van der Waals surface area contributed by atoms with E-state index in [0.717, 1.165) is 38.8 Å². The molecule has 2 atom stereocenters. The number of aromatic nitrogens is 2. The fourth-order valence-corrected chi connectivity index (χ4v) is 4.24. The summed E-state index contributed by atoms with van der Waals surface area (Å²) in [5.74, 6) is -0.406. The SMILES string of the molecule is O=C(O)[C@]1(CC2CC2)CN(c2ncc(F)c(N3CCCC3)n2)CC[C@@H]1O. The molecule has 3 heterocycles. The molecule has 1 aromatic heterocycles. The van der Waals surface area contributed by atoms with Gasteiger partial charge in [0.05, 0.1) is 12.3 Å². The van der Waals surface area contributed by atoms with E-state index in [-0.39, 0.29) is 6.54 Å². The zero-order chi connectivity index (χ0) is 18.3. The van der Waals surface area contributed by atoms with Gasteiger partial charge < -0.3 is 20.0 Å². The van der Waals surface area contributed by atoms with Crippen molar-refractivity contribution in [1.29, 1.82) is 0 Å². The molecule has 1 aromatic rings. The van der Waals surface area contributed by atoms with Crippen molar-refractivity contribution in [2.75, 3.05) is 36.0 Å². The van der Waals surface area contributed by atoms with Crippen molar-refractivity contribution in [3.8, 4) is 0 Å². The first kappa shape index (κ1) is 17.5. The summed E-state index contributed by atoms with van der Waals surface area (Å²) in [5, 5.41) is 20.4. The monoisotopic (exact) mass is 364 g/mol. The predicted molar refractivity (Wildman–Crippen MR) is 93.7 cm³/mol. The quantitative estimate of drug-likeness (QED) is 0.821. The molecule has 3 aliphatic rings. The van der Waals surface area contributed by atoms with Gasteiger partial charge in [-0.3, -0.25) is 4.79 Å². The minimum absolute atomic E-state index is 0.158. The number of aliphatic hydroxyl groups excluding tert-OH is 1. The lowest BCUT2D eigenvalue weighted by Gasteiger charge is -2.43. The van der Waals surface area contributed by atoms with E-state index in [0.29, 0.717) is 37.1 Å². The third kappa shape index (κ3) is 3.11. The Kier molecular flexibility index (Phi) is 4.46. The summed E-state index contributed by atoms with van der Waals surface area (Å²) in [4.78, 5) is 24.3. The van der Waals surface area contributed by atoms with Crippen LogP contribution in [0.15, 0.2) is 6.20 Å². The van der Waals surface area contributed by atoms with Crippen LogP contribution in [-0.2, 0) is 4.79 Å². The number of aliphatic hydroxyl groups is 1. The maximum Gasteiger partial charge on any atom is 0.314 e. The highest BCUT2D eigenvalue weighted by molar-refractivity contribution is 5.77. The topological polar surface area (TPSA) is 89.8 Å². The highest BCUT2D eigenvalue weighted by Crippen LogP contribution is 2.45. The van der Waals surface area contributed by atoms with E-state index in [4.69, 9.17) is 0 Å². The number of hydrogen-bond acceptors (Lipinski definition) is 6. The average Bonchev–Trinajstić information content (AvgIpc) is 3.26. The fourth-order valence-electron chi connectivity index (χ4n) is 4.24. The molecular weight excluding hydrogens is 339 g/mol. The largest absolute Gasteiger partial charge is 0.481 e. The van der Waals surface area contributed by atoms with E-state index in [2.05, 4.69) is 9.97 Å². The standard InChI is InChI=1S/C18H25FN4O3/c19-13-10-20-17(21-15(13)22-6-1-2-7-22)23-8-5-14(24)18(11-23,16(25)26)9-12-3-4-12/h10,12,14,24H,1-9,11H2,(H,25,26)/t14-,18+/m0/s1. The first-order chi connectivity index (χ1) is 12.5. The van der Waals surface area contributed by atoms with Crippen molar-refractivity contribution >= 4 is 17.7 Å². The van der Waals surface area contributed by atoms with Gasteiger partial charge >= 0.3 is 5.97 Å². The first-order valence-corrected chi connectivity index (χ1v) is 9.43. The number of halogens is 1. The maximum atomic E-state index is 14.2. The molecule has 7 nitrogen and oxygen atoms in total. The van der Waals surface area contributed by atoms with Gasteiger partial charge in [0.1, 0.15) is 5.41 Å². The Balaban J connectivity index is 1.61. The summed E-state index contributed by atoms with van der Waals surface area (Å²) < 4.78 is 14.2. The zero-order valence-electron chi connectivity index (χ0n) is 14.8. The molecule has 1 aliphatic carbocycles. The van der Waals surface area contributed by atoms with Crippen molar-refractivity contribution in [3.05, 3.63) is 12.0 Å². The lowest BCUT2D eigenvalue weighted by molar-refractivity contribution is -0.158. The van der Waals surface area contributed by atoms with Crippen LogP contribution in [0.25, 0.3) is 0 Å². The number of nitrogens with zero attached hydrogens (tertiary/aromatic N) is 4. The maximum absolute atomic E-state index is 14.2. The molecule has 4 rings (SSSR count). The van der Waals surface area contributed by atoms with Crippen LogP contribution in [-0.4, -0.2) is 58.4 Å². The van der Waals surface area contributed by atoms with Crippen molar-refractivity contribution in [3.63, 3.8) is 0 Å². The summed E-state index contributed by atoms with van der Waals surface area (Å²) >= 11 is 0. The van der Waals surface area contributed by atoms with Gasteiger partial charge in [0, 0.05) is 26.2 Å². The van der Waals surface area contributed by atoms with Crippen LogP contribution in [0, 0.1) is 17.2 Å². The minimum atomic E-state index is -1.20. The number of hydrogen-bond donors (Lipinski definition) is 2. The number of carboxylic acid groups (broad SMARTS) is 1. The number of anilines is 2. The molecule has 0 bridgehead atoms. The average molecular weight is 364 g/mol. The van der Waals surface area contributed by atoms with Gasteiger partial charge in [-0.2, -0.15) is 4.98 Å². The first-order valence-electron chi connectivity index (χ1n) is 9.43. The molecule has 0 aromatic carbocycles. The normalized spacial score (nSPS) is 29.2. The summed E-state index contributed by atoms with van der Waals surface area (Å²) in [6.45, 7) is 2.16. The number of carbonyl (C=O) groups is 1. The molecular formula is C18H25FN4O3. The van der Waals surface area contributed by atoms with E-state index >= 15 is 0 Å².